The molecule has 0 saturated carbocycles. The van der Waals surface area contributed by atoms with Gasteiger partial charge < -0.3 is 20.1 Å². The molecule has 0 unspecified atom stereocenters. The zero-order valence-electron chi connectivity index (χ0n) is 14.4. The zero-order valence-corrected chi connectivity index (χ0v) is 14.4. The summed E-state index contributed by atoms with van der Waals surface area (Å²) < 4.78 is 10.3. The van der Waals surface area contributed by atoms with Crippen molar-refractivity contribution in [3.63, 3.8) is 0 Å². The van der Waals surface area contributed by atoms with Crippen LogP contribution in [-0.4, -0.2) is 38.7 Å². The summed E-state index contributed by atoms with van der Waals surface area (Å²) in [5, 5.41) is 5.44. The Morgan fingerprint density at radius 1 is 1.04 bits per heavy atom. The number of carbonyl (C=O) groups excluding carboxylic acids is 2. The number of hydrogen-bond acceptors (Lipinski definition) is 4. The lowest BCUT2D eigenvalue weighted by molar-refractivity contribution is -0.118. The van der Waals surface area contributed by atoms with Gasteiger partial charge in [-0.1, -0.05) is 29.8 Å². The van der Waals surface area contributed by atoms with Gasteiger partial charge in [-0.2, -0.15) is 0 Å². The number of amides is 2. The lowest BCUT2D eigenvalue weighted by Crippen LogP contribution is -2.28. The van der Waals surface area contributed by atoms with Gasteiger partial charge in [0.05, 0.1) is 17.9 Å². The third-order valence-electron chi connectivity index (χ3n) is 3.43. The molecule has 0 aliphatic heterocycles. The van der Waals surface area contributed by atoms with Gasteiger partial charge in [0.1, 0.15) is 5.75 Å². The van der Waals surface area contributed by atoms with Crippen molar-refractivity contribution >= 4 is 17.5 Å². The molecule has 25 heavy (non-hydrogen) atoms. The number of benzene rings is 2. The smallest absolute Gasteiger partial charge is 0.262 e. The highest BCUT2D eigenvalue weighted by atomic mass is 16.5. The average molecular weight is 342 g/mol. The van der Waals surface area contributed by atoms with Gasteiger partial charge in [0, 0.05) is 13.7 Å². The number of ether oxygens (including phenoxy) is 2. The fraction of sp³-hybridized carbons (Fsp3) is 0.263. The molecule has 0 bridgehead atoms. The van der Waals surface area contributed by atoms with Crippen molar-refractivity contribution < 1.29 is 19.1 Å². The van der Waals surface area contributed by atoms with E-state index in [9.17, 15) is 9.59 Å². The van der Waals surface area contributed by atoms with Crippen molar-refractivity contribution in [2.24, 2.45) is 0 Å². The largest absolute Gasteiger partial charge is 0.484 e. The van der Waals surface area contributed by atoms with E-state index in [-0.39, 0.29) is 18.4 Å². The first kappa shape index (κ1) is 18.5. The SMILES string of the molecule is COCCNC(=O)c1ccccc1NC(=O)COc1ccc(C)cc1. The van der Waals surface area contributed by atoms with Gasteiger partial charge in [0.15, 0.2) is 6.61 Å². The monoisotopic (exact) mass is 342 g/mol. The van der Waals surface area contributed by atoms with Crippen LogP contribution in [0.2, 0.25) is 0 Å². The van der Waals surface area contributed by atoms with Crippen LogP contribution in [0.5, 0.6) is 5.75 Å². The number of carbonyl (C=O) groups is 2. The van der Waals surface area contributed by atoms with Gasteiger partial charge in [-0.15, -0.1) is 0 Å². The number of rotatable bonds is 8. The zero-order chi connectivity index (χ0) is 18.1. The molecule has 0 aliphatic rings. The van der Waals surface area contributed by atoms with E-state index in [2.05, 4.69) is 10.6 Å². The van der Waals surface area contributed by atoms with Gasteiger partial charge in [0.2, 0.25) is 0 Å². The van der Waals surface area contributed by atoms with Crippen LogP contribution < -0.4 is 15.4 Å². The molecule has 132 valence electrons. The van der Waals surface area contributed by atoms with Crippen molar-refractivity contribution in [2.75, 3.05) is 32.2 Å². The molecular weight excluding hydrogens is 320 g/mol. The Kier molecular flexibility index (Phi) is 6.98. The maximum atomic E-state index is 12.2. The van der Waals surface area contributed by atoms with Crippen LogP contribution in [0.1, 0.15) is 15.9 Å². The lowest BCUT2D eigenvalue weighted by atomic mass is 10.1. The number of para-hydroxylation sites is 1. The summed E-state index contributed by atoms with van der Waals surface area (Å²) in [5.74, 6) is 0.0106. The molecule has 0 saturated heterocycles. The van der Waals surface area contributed by atoms with Crippen molar-refractivity contribution in [1.29, 1.82) is 0 Å². The summed E-state index contributed by atoms with van der Waals surface area (Å²) in [6.45, 7) is 2.66. The van der Waals surface area contributed by atoms with Crippen molar-refractivity contribution in [3.05, 3.63) is 59.7 Å². The van der Waals surface area contributed by atoms with Crippen LogP contribution in [0.15, 0.2) is 48.5 Å². The minimum Gasteiger partial charge on any atom is -0.484 e. The number of hydrogen-bond donors (Lipinski definition) is 2. The highest BCUT2D eigenvalue weighted by molar-refractivity contribution is 6.04. The van der Waals surface area contributed by atoms with Crippen LogP contribution in [0.25, 0.3) is 0 Å². The van der Waals surface area contributed by atoms with Crippen LogP contribution in [0.4, 0.5) is 5.69 Å². The Hall–Kier alpha value is -2.86. The Labute approximate surface area is 147 Å². The van der Waals surface area contributed by atoms with E-state index in [1.165, 1.54) is 0 Å². The number of anilines is 1. The molecule has 0 aromatic heterocycles. The minimum atomic E-state index is -0.335. The Morgan fingerprint density at radius 2 is 1.76 bits per heavy atom. The summed E-state index contributed by atoms with van der Waals surface area (Å²) in [6.07, 6.45) is 0. The molecule has 0 spiro atoms. The first-order valence-electron chi connectivity index (χ1n) is 7.95. The molecule has 0 heterocycles. The fourth-order valence-corrected chi connectivity index (χ4v) is 2.12. The molecule has 2 aromatic carbocycles. The van der Waals surface area contributed by atoms with Gasteiger partial charge in [-0.25, -0.2) is 0 Å². The van der Waals surface area contributed by atoms with Crippen molar-refractivity contribution in [1.82, 2.24) is 5.32 Å². The fourth-order valence-electron chi connectivity index (χ4n) is 2.12. The van der Waals surface area contributed by atoms with Crippen LogP contribution >= 0.6 is 0 Å². The molecular formula is C19H22N2O4. The molecule has 6 heteroatoms. The van der Waals surface area contributed by atoms with Crippen molar-refractivity contribution in [3.8, 4) is 5.75 Å². The third-order valence-corrected chi connectivity index (χ3v) is 3.43. The lowest BCUT2D eigenvalue weighted by Gasteiger charge is -2.12. The normalized spacial score (nSPS) is 10.2. The third kappa shape index (κ3) is 5.93. The van der Waals surface area contributed by atoms with Crippen LogP contribution in [0.3, 0.4) is 0 Å². The maximum absolute atomic E-state index is 12.2. The maximum Gasteiger partial charge on any atom is 0.262 e. The summed E-state index contributed by atoms with van der Waals surface area (Å²) >= 11 is 0. The first-order chi connectivity index (χ1) is 12.1. The van der Waals surface area contributed by atoms with E-state index in [1.54, 1.807) is 43.5 Å². The topological polar surface area (TPSA) is 76.7 Å². The molecule has 2 rings (SSSR count). The second-order valence-electron chi connectivity index (χ2n) is 5.44. The second-order valence-corrected chi connectivity index (χ2v) is 5.44. The van der Waals surface area contributed by atoms with E-state index in [0.29, 0.717) is 30.2 Å². The molecule has 0 radical (unpaired) electrons. The summed E-state index contributed by atoms with van der Waals surface area (Å²) in [5.41, 5.74) is 1.95. The number of methoxy groups -OCH3 is 1. The van der Waals surface area contributed by atoms with E-state index in [1.807, 2.05) is 19.1 Å². The van der Waals surface area contributed by atoms with Gasteiger partial charge in [0.25, 0.3) is 11.8 Å². The van der Waals surface area contributed by atoms with E-state index >= 15 is 0 Å². The standard InChI is InChI=1S/C19H22N2O4/c1-14-7-9-15(10-8-14)25-13-18(22)21-17-6-4-3-5-16(17)19(23)20-11-12-24-2/h3-10H,11-13H2,1-2H3,(H,20,23)(H,21,22). The Bertz CT molecular complexity index is 714. The molecule has 2 N–H and O–H groups in total. The molecule has 0 aliphatic carbocycles. The van der Waals surface area contributed by atoms with Crippen LogP contribution in [0, 0.1) is 6.92 Å². The predicted octanol–water partition coefficient (Wildman–Crippen LogP) is 2.39. The molecule has 0 atom stereocenters. The second kappa shape index (κ2) is 9.44. The summed E-state index contributed by atoms with van der Waals surface area (Å²) in [6, 6.07) is 14.2. The summed E-state index contributed by atoms with van der Waals surface area (Å²) in [4.78, 5) is 24.3. The van der Waals surface area contributed by atoms with Gasteiger partial charge in [-0.3, -0.25) is 9.59 Å². The quantitative estimate of drug-likeness (QED) is 0.722. The van der Waals surface area contributed by atoms with Gasteiger partial charge >= 0.3 is 0 Å². The average Bonchev–Trinajstić information content (AvgIpc) is 2.62. The number of nitrogens with one attached hydrogen (secondary N) is 2. The Balaban J connectivity index is 1.93. The highest BCUT2D eigenvalue weighted by Crippen LogP contribution is 2.15. The van der Waals surface area contributed by atoms with Crippen molar-refractivity contribution in [2.45, 2.75) is 6.92 Å². The molecule has 2 aromatic rings. The minimum absolute atomic E-state index is 0.136. The molecule has 6 nitrogen and oxygen atoms in total. The molecule has 2 amide bonds. The first-order valence-corrected chi connectivity index (χ1v) is 7.95. The van der Waals surface area contributed by atoms with E-state index < -0.39 is 0 Å². The summed E-state index contributed by atoms with van der Waals surface area (Å²) in [7, 11) is 1.56. The predicted molar refractivity (Wildman–Crippen MR) is 96.0 cm³/mol. The van der Waals surface area contributed by atoms with Gasteiger partial charge in [-0.05, 0) is 31.2 Å². The highest BCUT2D eigenvalue weighted by Gasteiger charge is 2.13. The Morgan fingerprint density at radius 3 is 2.48 bits per heavy atom. The van der Waals surface area contributed by atoms with E-state index in [0.717, 1.165) is 5.56 Å². The molecule has 0 fully saturated rings. The van der Waals surface area contributed by atoms with E-state index in [4.69, 9.17) is 9.47 Å². The van der Waals surface area contributed by atoms with Crippen LogP contribution in [-0.2, 0) is 9.53 Å². The number of aryl methyl sites for hydroxylation is 1.